The van der Waals surface area contributed by atoms with E-state index in [1.807, 2.05) is 0 Å². The van der Waals surface area contributed by atoms with Gasteiger partial charge in [-0.25, -0.2) is 4.79 Å². The van der Waals surface area contributed by atoms with Crippen molar-refractivity contribution in [3.05, 3.63) is 64.7 Å². The van der Waals surface area contributed by atoms with Gasteiger partial charge in [0.25, 0.3) is 0 Å². The lowest BCUT2D eigenvalue weighted by Crippen LogP contribution is -2.17. The normalized spacial score (nSPS) is 12.8. The first-order chi connectivity index (χ1) is 12.1. The maximum Gasteiger partial charge on any atom is 0.331 e. The number of benzene rings is 2. The largest absolute Gasteiger partial charge is 0.486 e. The van der Waals surface area contributed by atoms with E-state index < -0.39 is 5.97 Å². The number of Topliss-reactive ketones (excluding diaryl/α,β-unsaturated/α-hetero) is 1. The van der Waals surface area contributed by atoms with Gasteiger partial charge in [-0.15, -0.1) is 0 Å². The van der Waals surface area contributed by atoms with Gasteiger partial charge in [0.2, 0.25) is 0 Å². The Morgan fingerprint density at radius 3 is 2.68 bits per heavy atom. The molecule has 0 aliphatic carbocycles. The van der Waals surface area contributed by atoms with Crippen LogP contribution in [0.5, 0.6) is 11.5 Å². The topological polar surface area (TPSA) is 61.8 Å². The molecule has 0 saturated heterocycles. The quantitative estimate of drug-likeness (QED) is 0.464. The van der Waals surface area contributed by atoms with E-state index in [1.54, 1.807) is 48.5 Å². The van der Waals surface area contributed by atoms with Gasteiger partial charge in [0.1, 0.15) is 13.2 Å². The molecule has 5 nitrogen and oxygen atoms in total. The molecule has 1 heterocycles. The first-order valence-corrected chi connectivity index (χ1v) is 8.03. The monoisotopic (exact) mass is 358 g/mol. The number of ketones is 1. The molecule has 128 valence electrons. The van der Waals surface area contributed by atoms with Gasteiger partial charge in [0, 0.05) is 16.7 Å². The third-order valence-corrected chi connectivity index (χ3v) is 3.71. The Hall–Kier alpha value is -2.79. The molecule has 1 aliphatic rings. The second-order valence-electron chi connectivity index (χ2n) is 5.28. The number of carbonyl (C=O) groups excluding carboxylic acids is 2. The number of ether oxygens (including phenoxy) is 3. The average molecular weight is 359 g/mol. The summed E-state index contributed by atoms with van der Waals surface area (Å²) in [5, 5.41) is 0.573. The Balaban J connectivity index is 1.56. The Kier molecular flexibility index (Phi) is 5.36. The van der Waals surface area contributed by atoms with Gasteiger partial charge in [0.05, 0.1) is 0 Å². The number of carbonyl (C=O) groups is 2. The third-order valence-electron chi connectivity index (χ3n) is 3.47. The number of halogens is 1. The Bertz CT molecular complexity index is 828. The number of hydrogen-bond acceptors (Lipinski definition) is 5. The molecule has 0 spiro atoms. The fraction of sp³-hybridized carbons (Fsp3) is 0.158. The van der Waals surface area contributed by atoms with Crippen LogP contribution >= 0.6 is 11.6 Å². The molecule has 0 atom stereocenters. The second kappa shape index (κ2) is 7.85. The van der Waals surface area contributed by atoms with Crippen molar-refractivity contribution in [3.8, 4) is 11.5 Å². The minimum atomic E-state index is -0.606. The van der Waals surface area contributed by atoms with Crippen LogP contribution in [0.3, 0.4) is 0 Å². The number of fused-ring (bicyclic) bond motifs is 1. The van der Waals surface area contributed by atoms with Crippen LogP contribution < -0.4 is 9.47 Å². The lowest BCUT2D eigenvalue weighted by Gasteiger charge is -2.18. The molecule has 1 aliphatic heterocycles. The summed E-state index contributed by atoms with van der Waals surface area (Å²) in [4.78, 5) is 23.9. The van der Waals surface area contributed by atoms with Crippen molar-refractivity contribution in [1.82, 2.24) is 0 Å². The summed E-state index contributed by atoms with van der Waals surface area (Å²) in [6.07, 6.45) is 2.82. The zero-order chi connectivity index (χ0) is 17.6. The first kappa shape index (κ1) is 17.0. The van der Waals surface area contributed by atoms with E-state index >= 15 is 0 Å². The lowest BCUT2D eigenvalue weighted by molar-refractivity contribution is -0.136. The second-order valence-corrected chi connectivity index (χ2v) is 5.71. The summed E-state index contributed by atoms with van der Waals surface area (Å²) >= 11 is 5.87. The molecular formula is C19H15ClO5. The maximum absolute atomic E-state index is 12.1. The van der Waals surface area contributed by atoms with Crippen molar-refractivity contribution in [2.45, 2.75) is 0 Å². The molecule has 0 fully saturated rings. The van der Waals surface area contributed by atoms with Gasteiger partial charge >= 0.3 is 5.97 Å². The summed E-state index contributed by atoms with van der Waals surface area (Å²) in [6.45, 7) is 0.573. The minimum Gasteiger partial charge on any atom is -0.486 e. The smallest absolute Gasteiger partial charge is 0.331 e. The van der Waals surface area contributed by atoms with Gasteiger partial charge in [-0.1, -0.05) is 23.7 Å². The molecule has 2 aromatic rings. The summed E-state index contributed by atoms with van der Waals surface area (Å²) < 4.78 is 15.8. The zero-order valence-corrected chi connectivity index (χ0v) is 14.0. The van der Waals surface area contributed by atoms with Crippen LogP contribution in [-0.2, 0) is 9.53 Å². The van der Waals surface area contributed by atoms with E-state index in [2.05, 4.69) is 0 Å². The highest BCUT2D eigenvalue weighted by Gasteiger charge is 2.15. The highest BCUT2D eigenvalue weighted by molar-refractivity contribution is 6.30. The zero-order valence-electron chi connectivity index (χ0n) is 13.2. The van der Waals surface area contributed by atoms with Crippen molar-refractivity contribution < 1.29 is 23.8 Å². The van der Waals surface area contributed by atoms with E-state index in [-0.39, 0.29) is 12.4 Å². The van der Waals surface area contributed by atoms with Crippen LogP contribution in [0.25, 0.3) is 6.08 Å². The lowest BCUT2D eigenvalue weighted by atomic mass is 10.1. The van der Waals surface area contributed by atoms with Gasteiger partial charge in [-0.3, -0.25) is 4.79 Å². The fourth-order valence-corrected chi connectivity index (χ4v) is 2.46. The molecule has 2 aromatic carbocycles. The van der Waals surface area contributed by atoms with Crippen LogP contribution in [0.2, 0.25) is 5.02 Å². The molecule has 0 unspecified atom stereocenters. The summed E-state index contributed by atoms with van der Waals surface area (Å²) in [5.74, 6) is 0.195. The number of hydrogen-bond donors (Lipinski definition) is 0. The Labute approximate surface area is 149 Å². The van der Waals surface area contributed by atoms with Crippen molar-refractivity contribution in [2.24, 2.45) is 0 Å². The van der Waals surface area contributed by atoms with Crippen molar-refractivity contribution in [3.63, 3.8) is 0 Å². The number of esters is 1. The van der Waals surface area contributed by atoms with Crippen LogP contribution in [-0.4, -0.2) is 31.6 Å². The highest BCUT2D eigenvalue weighted by Crippen LogP contribution is 2.30. The van der Waals surface area contributed by atoms with Crippen LogP contribution in [0.15, 0.2) is 48.5 Å². The average Bonchev–Trinajstić information content (AvgIpc) is 2.64. The van der Waals surface area contributed by atoms with Gasteiger partial charge in [-0.05, 0) is 42.0 Å². The molecule has 0 bridgehead atoms. The highest BCUT2D eigenvalue weighted by atomic mass is 35.5. The van der Waals surface area contributed by atoms with Gasteiger partial charge in [0.15, 0.2) is 23.9 Å². The van der Waals surface area contributed by atoms with Crippen molar-refractivity contribution in [2.75, 3.05) is 19.8 Å². The van der Waals surface area contributed by atoms with E-state index in [9.17, 15) is 9.59 Å². The number of rotatable bonds is 5. The molecular weight excluding hydrogens is 344 g/mol. The molecule has 6 heteroatoms. The van der Waals surface area contributed by atoms with Crippen molar-refractivity contribution >= 4 is 29.4 Å². The Morgan fingerprint density at radius 1 is 1.08 bits per heavy atom. The Morgan fingerprint density at radius 2 is 1.88 bits per heavy atom. The molecule has 0 N–H and O–H groups in total. The van der Waals surface area contributed by atoms with E-state index in [1.165, 1.54) is 6.08 Å². The van der Waals surface area contributed by atoms with Gasteiger partial charge < -0.3 is 14.2 Å². The third kappa shape index (κ3) is 4.61. The minimum absolute atomic E-state index is 0.318. The molecule has 3 rings (SSSR count). The van der Waals surface area contributed by atoms with E-state index in [4.69, 9.17) is 25.8 Å². The predicted octanol–water partition coefficient (Wildman–Crippen LogP) is 3.55. The first-order valence-electron chi connectivity index (χ1n) is 7.65. The standard InChI is InChI=1S/C19H15ClO5/c20-15-3-1-2-13(10-15)4-7-19(22)25-12-16(21)14-5-6-17-18(11-14)24-9-8-23-17/h1-7,10-11H,8-9,12H2/b7-4+. The summed E-state index contributed by atoms with van der Waals surface area (Å²) in [6, 6.07) is 11.9. The molecule has 25 heavy (non-hydrogen) atoms. The predicted molar refractivity (Wildman–Crippen MR) is 93.2 cm³/mol. The molecule has 0 aromatic heterocycles. The SMILES string of the molecule is O=C(/C=C/c1cccc(Cl)c1)OCC(=O)c1ccc2c(c1)OCCO2. The summed E-state index contributed by atoms with van der Waals surface area (Å²) in [7, 11) is 0. The van der Waals surface area contributed by atoms with Crippen LogP contribution in [0.4, 0.5) is 0 Å². The van der Waals surface area contributed by atoms with E-state index in [0.717, 1.165) is 5.56 Å². The molecule has 0 amide bonds. The maximum atomic E-state index is 12.1. The van der Waals surface area contributed by atoms with Gasteiger partial charge in [-0.2, -0.15) is 0 Å². The van der Waals surface area contributed by atoms with Crippen LogP contribution in [0, 0.1) is 0 Å². The van der Waals surface area contributed by atoms with Crippen LogP contribution in [0.1, 0.15) is 15.9 Å². The fourth-order valence-electron chi connectivity index (χ4n) is 2.26. The molecule has 0 radical (unpaired) electrons. The van der Waals surface area contributed by atoms with Crippen molar-refractivity contribution in [1.29, 1.82) is 0 Å². The summed E-state index contributed by atoms with van der Waals surface area (Å²) in [5.41, 5.74) is 1.17. The molecule has 0 saturated carbocycles. The van der Waals surface area contributed by atoms with E-state index in [0.29, 0.717) is 35.3 Å².